The summed E-state index contributed by atoms with van der Waals surface area (Å²) in [5.41, 5.74) is 1.37. The van der Waals surface area contributed by atoms with Crippen LogP contribution in [0.4, 0.5) is 4.39 Å². The number of hydrogen-bond donors (Lipinski definition) is 1. The fraction of sp³-hybridized carbons (Fsp3) is 0.667. The third kappa shape index (κ3) is 4.19. The molecule has 0 spiro atoms. The van der Waals surface area contributed by atoms with Gasteiger partial charge in [0.05, 0.1) is 7.11 Å². The van der Waals surface area contributed by atoms with Crippen molar-refractivity contribution in [3.8, 4) is 5.75 Å². The van der Waals surface area contributed by atoms with Crippen molar-refractivity contribution in [2.24, 2.45) is 11.3 Å². The van der Waals surface area contributed by atoms with Crippen LogP contribution in [0.3, 0.4) is 0 Å². The van der Waals surface area contributed by atoms with E-state index in [0.29, 0.717) is 17.2 Å². The van der Waals surface area contributed by atoms with E-state index in [1.807, 2.05) is 6.07 Å². The molecule has 2 rings (SSSR count). The minimum absolute atomic E-state index is 0.150. The average molecular weight is 293 g/mol. The van der Waals surface area contributed by atoms with Gasteiger partial charge in [-0.3, -0.25) is 0 Å². The van der Waals surface area contributed by atoms with Crippen molar-refractivity contribution in [2.75, 3.05) is 7.11 Å². The van der Waals surface area contributed by atoms with Gasteiger partial charge in [0, 0.05) is 12.1 Å². The first-order chi connectivity index (χ1) is 9.80. The summed E-state index contributed by atoms with van der Waals surface area (Å²) in [7, 11) is 1.49. The van der Waals surface area contributed by atoms with Crippen LogP contribution >= 0.6 is 0 Å². The quantitative estimate of drug-likeness (QED) is 0.869. The second-order valence-electron chi connectivity index (χ2n) is 7.39. The minimum atomic E-state index is -0.291. The molecule has 1 aliphatic carbocycles. The molecule has 0 bridgehead atoms. The molecule has 1 N–H and O–H groups in total. The van der Waals surface area contributed by atoms with Gasteiger partial charge < -0.3 is 10.1 Å². The Morgan fingerprint density at radius 2 is 2.05 bits per heavy atom. The highest BCUT2D eigenvalue weighted by molar-refractivity contribution is 5.30. The van der Waals surface area contributed by atoms with Crippen LogP contribution in [0.15, 0.2) is 18.2 Å². The smallest absolute Gasteiger partial charge is 0.165 e. The molecule has 1 aromatic rings. The highest BCUT2D eigenvalue weighted by Gasteiger charge is 2.32. The molecular formula is C18H28FNO. The molecule has 21 heavy (non-hydrogen) atoms. The number of methoxy groups -OCH3 is 1. The summed E-state index contributed by atoms with van der Waals surface area (Å²) in [5, 5.41) is 3.68. The lowest BCUT2D eigenvalue weighted by Gasteiger charge is -2.40. The second-order valence-corrected chi connectivity index (χ2v) is 7.39. The summed E-state index contributed by atoms with van der Waals surface area (Å²) in [6.45, 7) is 9.12. The van der Waals surface area contributed by atoms with Gasteiger partial charge in [0.25, 0.3) is 0 Å². The highest BCUT2D eigenvalue weighted by Crippen LogP contribution is 2.39. The number of nitrogens with one attached hydrogen (secondary N) is 1. The largest absolute Gasteiger partial charge is 0.494 e. The zero-order chi connectivity index (χ0) is 15.6. The van der Waals surface area contributed by atoms with Gasteiger partial charge in [-0.2, -0.15) is 0 Å². The van der Waals surface area contributed by atoms with Crippen LogP contribution in [0.5, 0.6) is 5.75 Å². The van der Waals surface area contributed by atoms with Crippen molar-refractivity contribution < 1.29 is 9.13 Å². The fourth-order valence-corrected chi connectivity index (χ4v) is 3.87. The van der Waals surface area contributed by atoms with Crippen LogP contribution < -0.4 is 10.1 Å². The first-order valence-corrected chi connectivity index (χ1v) is 7.90. The maximum atomic E-state index is 13.8. The molecule has 3 unspecified atom stereocenters. The van der Waals surface area contributed by atoms with E-state index in [9.17, 15) is 4.39 Å². The average Bonchev–Trinajstić information content (AvgIpc) is 2.35. The van der Waals surface area contributed by atoms with Gasteiger partial charge in [-0.25, -0.2) is 4.39 Å². The lowest BCUT2D eigenvalue weighted by molar-refractivity contribution is 0.145. The van der Waals surface area contributed by atoms with Crippen molar-refractivity contribution in [2.45, 2.75) is 59.0 Å². The van der Waals surface area contributed by atoms with Crippen molar-refractivity contribution in [1.29, 1.82) is 0 Å². The molecule has 0 saturated heterocycles. The summed E-state index contributed by atoms with van der Waals surface area (Å²) in [4.78, 5) is 0. The number of benzene rings is 1. The molecule has 2 nitrogen and oxygen atoms in total. The molecule has 1 fully saturated rings. The number of ether oxygens (including phenoxy) is 1. The van der Waals surface area contributed by atoms with Crippen LogP contribution in [-0.2, 0) is 0 Å². The number of hydrogen-bond acceptors (Lipinski definition) is 2. The van der Waals surface area contributed by atoms with Crippen molar-refractivity contribution in [3.63, 3.8) is 0 Å². The Morgan fingerprint density at radius 3 is 2.62 bits per heavy atom. The summed E-state index contributed by atoms with van der Waals surface area (Å²) in [6, 6.07) is 5.88. The highest BCUT2D eigenvalue weighted by atomic mass is 19.1. The van der Waals surface area contributed by atoms with E-state index < -0.39 is 0 Å². The standard InChI is InChI=1S/C18H28FNO/c1-12-8-15(11-18(3,4)10-12)20-13(2)14-6-7-17(21-5)16(19)9-14/h6-7,9,12-13,15,20H,8,10-11H2,1-5H3. The zero-order valence-corrected chi connectivity index (χ0v) is 13.9. The third-order valence-electron chi connectivity index (χ3n) is 4.55. The van der Waals surface area contributed by atoms with Crippen LogP contribution in [0.25, 0.3) is 0 Å². The fourth-order valence-electron chi connectivity index (χ4n) is 3.87. The summed E-state index contributed by atoms with van der Waals surface area (Å²) in [6.07, 6.45) is 3.67. The Balaban J connectivity index is 2.04. The lowest BCUT2D eigenvalue weighted by atomic mass is 9.70. The van der Waals surface area contributed by atoms with Crippen molar-refractivity contribution in [1.82, 2.24) is 5.32 Å². The summed E-state index contributed by atoms with van der Waals surface area (Å²) in [5.74, 6) is 0.755. The predicted octanol–water partition coefficient (Wildman–Crippen LogP) is 4.70. The molecule has 1 saturated carbocycles. The van der Waals surface area contributed by atoms with Gasteiger partial charge in [0.2, 0.25) is 0 Å². The molecule has 0 radical (unpaired) electrons. The molecule has 0 amide bonds. The Labute approximate surface area is 128 Å². The molecule has 1 aliphatic rings. The van der Waals surface area contributed by atoms with E-state index in [2.05, 4.69) is 33.0 Å². The van der Waals surface area contributed by atoms with E-state index in [0.717, 1.165) is 11.5 Å². The Bertz CT molecular complexity index is 486. The minimum Gasteiger partial charge on any atom is -0.494 e. The second kappa shape index (κ2) is 6.35. The maximum absolute atomic E-state index is 13.8. The number of rotatable bonds is 4. The number of halogens is 1. The van der Waals surface area contributed by atoms with Gasteiger partial charge in [-0.05, 0) is 55.2 Å². The third-order valence-corrected chi connectivity index (χ3v) is 4.55. The molecule has 0 heterocycles. The Hall–Kier alpha value is -1.09. The monoisotopic (exact) mass is 293 g/mol. The van der Waals surface area contributed by atoms with E-state index >= 15 is 0 Å². The van der Waals surface area contributed by atoms with Gasteiger partial charge in [0.1, 0.15) is 0 Å². The van der Waals surface area contributed by atoms with Gasteiger partial charge in [-0.1, -0.05) is 26.8 Å². The molecular weight excluding hydrogens is 265 g/mol. The Kier molecular flexibility index (Phi) is 4.92. The van der Waals surface area contributed by atoms with Gasteiger partial charge in [0.15, 0.2) is 11.6 Å². The molecule has 0 aliphatic heterocycles. The van der Waals surface area contributed by atoms with E-state index in [1.54, 1.807) is 12.1 Å². The molecule has 118 valence electrons. The molecule has 1 aromatic carbocycles. The zero-order valence-electron chi connectivity index (χ0n) is 13.9. The molecule has 0 aromatic heterocycles. The van der Waals surface area contributed by atoms with E-state index in [4.69, 9.17) is 4.74 Å². The Morgan fingerprint density at radius 1 is 1.33 bits per heavy atom. The predicted molar refractivity (Wildman–Crippen MR) is 85.1 cm³/mol. The van der Waals surface area contributed by atoms with Crippen molar-refractivity contribution >= 4 is 0 Å². The van der Waals surface area contributed by atoms with E-state index in [1.165, 1.54) is 26.4 Å². The van der Waals surface area contributed by atoms with Crippen LogP contribution in [-0.4, -0.2) is 13.2 Å². The van der Waals surface area contributed by atoms with E-state index in [-0.39, 0.29) is 11.9 Å². The normalized spacial score (nSPS) is 26.4. The SMILES string of the molecule is COc1ccc(C(C)NC2CC(C)CC(C)(C)C2)cc1F. The lowest BCUT2D eigenvalue weighted by Crippen LogP contribution is -2.41. The topological polar surface area (TPSA) is 21.3 Å². The first kappa shape index (κ1) is 16.3. The van der Waals surface area contributed by atoms with Crippen LogP contribution in [0.1, 0.15) is 58.6 Å². The van der Waals surface area contributed by atoms with Gasteiger partial charge in [-0.15, -0.1) is 0 Å². The summed E-state index contributed by atoms with van der Waals surface area (Å²) < 4.78 is 18.8. The molecule has 3 heteroatoms. The van der Waals surface area contributed by atoms with Crippen LogP contribution in [0.2, 0.25) is 0 Å². The van der Waals surface area contributed by atoms with Gasteiger partial charge >= 0.3 is 0 Å². The maximum Gasteiger partial charge on any atom is 0.165 e. The molecule has 3 atom stereocenters. The van der Waals surface area contributed by atoms with Crippen LogP contribution in [0, 0.1) is 17.2 Å². The first-order valence-electron chi connectivity index (χ1n) is 7.90. The van der Waals surface area contributed by atoms with Crippen molar-refractivity contribution in [3.05, 3.63) is 29.6 Å². The summed E-state index contributed by atoms with van der Waals surface area (Å²) >= 11 is 0.